The average molecular weight is 602 g/mol. The van der Waals surface area contributed by atoms with E-state index in [4.69, 9.17) is 4.42 Å². The molecule has 3 heterocycles. The van der Waals surface area contributed by atoms with E-state index < -0.39 is 50.3 Å². The molecule has 15 heteroatoms. The second-order valence-corrected chi connectivity index (χ2v) is 13.1. The molecule has 0 radical (unpaired) electrons. The molecule has 3 aromatic rings. The summed E-state index contributed by atoms with van der Waals surface area (Å²) in [6.07, 6.45) is -1.02. The Bertz CT molecular complexity index is 1520. The van der Waals surface area contributed by atoms with Gasteiger partial charge in [0.15, 0.2) is 10.8 Å². The molecule has 0 unspecified atom stereocenters. The van der Waals surface area contributed by atoms with Gasteiger partial charge in [0, 0.05) is 24.2 Å². The molecule has 0 bridgehead atoms. The van der Waals surface area contributed by atoms with Gasteiger partial charge in [0.05, 0.1) is 10.4 Å². The van der Waals surface area contributed by atoms with Crippen LogP contribution < -0.4 is 4.72 Å². The number of nitrogens with zero attached hydrogens (tertiary/aromatic N) is 4. The number of hydrogen-bond donors (Lipinski definition) is 2. The van der Waals surface area contributed by atoms with Crippen molar-refractivity contribution in [2.24, 2.45) is 0 Å². The molecule has 1 aliphatic heterocycles. The van der Waals surface area contributed by atoms with Crippen molar-refractivity contribution in [3.63, 3.8) is 0 Å². The number of benzene rings is 1. The Labute approximate surface area is 233 Å². The van der Waals surface area contributed by atoms with Crippen LogP contribution in [0.3, 0.4) is 0 Å². The van der Waals surface area contributed by atoms with Crippen LogP contribution in [0.2, 0.25) is 0 Å². The number of sulfonamides is 1. The maximum atomic E-state index is 15.6. The number of carbonyl (C=O) groups is 1. The van der Waals surface area contributed by atoms with Gasteiger partial charge in [0.2, 0.25) is 15.9 Å². The summed E-state index contributed by atoms with van der Waals surface area (Å²) < 4.78 is 77.4. The van der Waals surface area contributed by atoms with Gasteiger partial charge < -0.3 is 14.4 Å². The van der Waals surface area contributed by atoms with E-state index in [-0.39, 0.29) is 39.0 Å². The van der Waals surface area contributed by atoms with Crippen molar-refractivity contribution < 1.29 is 35.9 Å². The molecule has 2 N–H and O–H groups in total. The van der Waals surface area contributed by atoms with Crippen LogP contribution in [-0.4, -0.2) is 58.1 Å². The highest BCUT2D eigenvalue weighted by Gasteiger charge is 2.35. The summed E-state index contributed by atoms with van der Waals surface area (Å²) in [4.78, 5) is 18.6. The van der Waals surface area contributed by atoms with Crippen molar-refractivity contribution in [2.45, 2.75) is 82.9 Å². The van der Waals surface area contributed by atoms with Crippen LogP contribution in [0, 0.1) is 5.82 Å². The van der Waals surface area contributed by atoms with Crippen LogP contribution in [0.1, 0.15) is 82.2 Å². The number of amides is 1. The lowest BCUT2D eigenvalue weighted by atomic mass is 10.0. The van der Waals surface area contributed by atoms with Crippen LogP contribution in [0.4, 0.5) is 13.2 Å². The summed E-state index contributed by atoms with van der Waals surface area (Å²) in [6, 6.07) is 1.17. The molecule has 1 fully saturated rings. The fourth-order valence-corrected chi connectivity index (χ4v) is 6.76. The number of piperidine rings is 1. The largest absolute Gasteiger partial charge is 0.415 e. The number of likely N-dealkylation sites (tertiary alicyclic amines) is 1. The Morgan fingerprint density at radius 1 is 1.25 bits per heavy atom. The van der Waals surface area contributed by atoms with Gasteiger partial charge in [0.25, 0.3) is 18.2 Å². The lowest BCUT2D eigenvalue weighted by molar-refractivity contribution is 0.0487. The fourth-order valence-electron chi connectivity index (χ4n) is 4.40. The maximum absolute atomic E-state index is 15.6. The van der Waals surface area contributed by atoms with Crippen molar-refractivity contribution in [3.8, 4) is 21.3 Å². The minimum absolute atomic E-state index is 0.00944. The zero-order chi connectivity index (χ0) is 29.6. The standard InChI is InChI=1S/C25H30F3N5O5S2/c1-12(2)32-40(36,37)15-10-9-14(16(17(15)26)20(27)28)19-18(23(34)33-11-7-6-8-13(33)3)29-22(39-19)21-30-31-24(38-21)25(4,5)35/h9-10,12-13,20,32,35H,6-8,11H2,1-5H3/t13-/m0/s1. The molecule has 218 valence electrons. The highest BCUT2D eigenvalue weighted by Crippen LogP contribution is 2.43. The molecule has 0 spiro atoms. The zero-order valence-corrected chi connectivity index (χ0v) is 24.2. The van der Waals surface area contributed by atoms with Gasteiger partial charge in [0.1, 0.15) is 16.2 Å². The Morgan fingerprint density at radius 3 is 2.52 bits per heavy atom. The summed E-state index contributed by atoms with van der Waals surface area (Å²) >= 11 is 0.746. The third-order valence-electron chi connectivity index (χ3n) is 6.31. The van der Waals surface area contributed by atoms with Crippen molar-refractivity contribution in [1.82, 2.24) is 24.8 Å². The predicted octanol–water partition coefficient (Wildman–Crippen LogP) is 4.87. The topological polar surface area (TPSA) is 139 Å². The maximum Gasteiger partial charge on any atom is 0.276 e. The smallest absolute Gasteiger partial charge is 0.276 e. The molecule has 1 aliphatic rings. The first-order valence-corrected chi connectivity index (χ1v) is 14.9. The first-order chi connectivity index (χ1) is 18.6. The molecule has 0 saturated carbocycles. The Kier molecular flexibility index (Phi) is 8.41. The quantitative estimate of drug-likeness (QED) is 0.373. The molecule has 1 atom stereocenters. The van der Waals surface area contributed by atoms with Crippen molar-refractivity contribution >= 4 is 27.3 Å². The molecule has 1 amide bonds. The van der Waals surface area contributed by atoms with E-state index in [9.17, 15) is 27.1 Å². The number of hydrogen-bond acceptors (Lipinski definition) is 9. The molecule has 0 aliphatic carbocycles. The average Bonchev–Trinajstić information content (AvgIpc) is 3.50. The normalized spacial score (nSPS) is 16.8. The van der Waals surface area contributed by atoms with Gasteiger partial charge in [-0.25, -0.2) is 31.3 Å². The van der Waals surface area contributed by atoms with E-state index in [1.807, 2.05) is 6.92 Å². The number of aromatic nitrogens is 3. The van der Waals surface area contributed by atoms with E-state index in [1.54, 1.807) is 4.90 Å². The molecule has 1 aromatic carbocycles. The van der Waals surface area contributed by atoms with E-state index in [0.717, 1.165) is 42.7 Å². The zero-order valence-electron chi connectivity index (χ0n) is 22.5. The second kappa shape index (κ2) is 11.2. The number of carbonyl (C=O) groups excluding carboxylic acids is 1. The predicted molar refractivity (Wildman–Crippen MR) is 141 cm³/mol. The van der Waals surface area contributed by atoms with E-state index in [0.29, 0.717) is 6.54 Å². The third kappa shape index (κ3) is 5.92. The van der Waals surface area contributed by atoms with Gasteiger partial charge in [-0.2, -0.15) is 0 Å². The highest BCUT2D eigenvalue weighted by molar-refractivity contribution is 7.89. The van der Waals surface area contributed by atoms with Crippen LogP contribution >= 0.6 is 11.3 Å². The van der Waals surface area contributed by atoms with Gasteiger partial charge in [-0.3, -0.25) is 4.79 Å². The summed E-state index contributed by atoms with van der Waals surface area (Å²) in [5, 5.41) is 17.9. The Morgan fingerprint density at radius 2 is 1.95 bits per heavy atom. The van der Waals surface area contributed by atoms with Crippen LogP contribution in [0.15, 0.2) is 21.4 Å². The number of aliphatic hydroxyl groups is 1. The molecule has 10 nitrogen and oxygen atoms in total. The van der Waals surface area contributed by atoms with Crippen molar-refractivity contribution in [1.29, 1.82) is 0 Å². The summed E-state index contributed by atoms with van der Waals surface area (Å²) in [6.45, 7) is 8.15. The number of alkyl halides is 2. The van der Waals surface area contributed by atoms with Crippen molar-refractivity contribution in [2.75, 3.05) is 6.54 Å². The first-order valence-electron chi connectivity index (χ1n) is 12.6. The monoisotopic (exact) mass is 601 g/mol. The summed E-state index contributed by atoms with van der Waals surface area (Å²) in [5.74, 6) is -2.48. The lowest BCUT2D eigenvalue weighted by Gasteiger charge is -2.33. The number of nitrogens with one attached hydrogen (secondary N) is 1. The molecule has 2 aromatic heterocycles. The fraction of sp³-hybridized carbons (Fsp3) is 0.520. The van der Waals surface area contributed by atoms with E-state index in [2.05, 4.69) is 19.9 Å². The number of thiazole rings is 1. The van der Waals surface area contributed by atoms with Crippen molar-refractivity contribution in [3.05, 3.63) is 35.1 Å². The molecule has 1 saturated heterocycles. The van der Waals surface area contributed by atoms with Gasteiger partial charge >= 0.3 is 0 Å². The van der Waals surface area contributed by atoms with Gasteiger partial charge in [-0.05, 0) is 59.9 Å². The van der Waals surface area contributed by atoms with Gasteiger partial charge in [-0.1, -0.05) is 6.07 Å². The SMILES string of the molecule is CC(C)NS(=O)(=O)c1ccc(-c2sc(-c3nnc(C(C)(C)O)o3)nc2C(=O)N2CCCC[C@@H]2C)c(C(F)F)c1F. The second-order valence-electron chi connectivity index (χ2n) is 10.4. The summed E-state index contributed by atoms with van der Waals surface area (Å²) in [7, 11) is -4.45. The van der Waals surface area contributed by atoms with E-state index in [1.165, 1.54) is 27.7 Å². The summed E-state index contributed by atoms with van der Waals surface area (Å²) in [5.41, 5.74) is -3.26. The number of halogens is 3. The van der Waals surface area contributed by atoms with Crippen LogP contribution in [0.5, 0.6) is 0 Å². The Balaban J connectivity index is 1.93. The third-order valence-corrected chi connectivity index (χ3v) is 9.07. The van der Waals surface area contributed by atoms with Crippen LogP contribution in [0.25, 0.3) is 21.3 Å². The lowest BCUT2D eigenvalue weighted by Crippen LogP contribution is -2.42. The van der Waals surface area contributed by atoms with Gasteiger partial charge in [-0.15, -0.1) is 21.5 Å². The Hall–Kier alpha value is -2.88. The minimum Gasteiger partial charge on any atom is -0.415 e. The van der Waals surface area contributed by atoms with E-state index >= 15 is 4.39 Å². The first kappa shape index (κ1) is 30.1. The molecule has 40 heavy (non-hydrogen) atoms. The molecular formula is C25H30F3N5O5S2. The molecular weight excluding hydrogens is 571 g/mol. The minimum atomic E-state index is -4.45. The highest BCUT2D eigenvalue weighted by atomic mass is 32.2. The van der Waals surface area contributed by atoms with Crippen LogP contribution in [-0.2, 0) is 15.6 Å². The number of rotatable bonds is 8. The molecule has 4 rings (SSSR count).